The van der Waals surface area contributed by atoms with Crippen LogP contribution >= 0.6 is 0 Å². The molecule has 0 radical (unpaired) electrons. The molecule has 0 spiro atoms. The summed E-state index contributed by atoms with van der Waals surface area (Å²) < 4.78 is 4.92. The molecule has 0 aliphatic rings. The number of ether oxygens (including phenoxy) is 1. The van der Waals surface area contributed by atoms with E-state index in [4.69, 9.17) is 4.74 Å². The molecule has 2 N–H and O–H groups in total. The minimum Gasteiger partial charge on any atom is -0.462 e. The Kier molecular flexibility index (Phi) is 6.51. The van der Waals surface area contributed by atoms with Crippen molar-refractivity contribution < 1.29 is 14.3 Å². The first kappa shape index (κ1) is 17.7. The molecular formula is C19H22N2O3. The second-order valence-corrected chi connectivity index (χ2v) is 5.44. The van der Waals surface area contributed by atoms with E-state index in [0.717, 1.165) is 5.56 Å². The van der Waals surface area contributed by atoms with E-state index in [2.05, 4.69) is 10.6 Å². The molecule has 0 atom stereocenters. The van der Waals surface area contributed by atoms with Gasteiger partial charge in [-0.3, -0.25) is 4.79 Å². The van der Waals surface area contributed by atoms with Crippen molar-refractivity contribution in [2.45, 2.75) is 20.4 Å². The third kappa shape index (κ3) is 5.52. The van der Waals surface area contributed by atoms with Crippen molar-refractivity contribution in [1.29, 1.82) is 0 Å². The molecule has 2 aromatic rings. The molecular weight excluding hydrogens is 304 g/mol. The lowest BCUT2D eigenvalue weighted by Gasteiger charge is -2.08. The second-order valence-electron chi connectivity index (χ2n) is 5.44. The molecule has 2 aromatic carbocycles. The third-order valence-electron chi connectivity index (χ3n) is 3.42. The highest BCUT2D eigenvalue weighted by atomic mass is 16.5. The summed E-state index contributed by atoms with van der Waals surface area (Å²) in [6.45, 7) is 4.99. The van der Waals surface area contributed by atoms with Crippen LogP contribution in [0.4, 0.5) is 5.69 Å². The largest absolute Gasteiger partial charge is 0.462 e. The number of nitrogens with one attached hydrogen (secondary N) is 2. The van der Waals surface area contributed by atoms with Crippen LogP contribution in [0.3, 0.4) is 0 Å². The molecule has 0 aliphatic heterocycles. The van der Waals surface area contributed by atoms with Gasteiger partial charge in [-0.05, 0) is 43.7 Å². The van der Waals surface area contributed by atoms with Gasteiger partial charge in [0.05, 0.1) is 18.7 Å². The van der Waals surface area contributed by atoms with Crippen LogP contribution in [-0.4, -0.2) is 25.0 Å². The molecule has 0 aromatic heterocycles. The topological polar surface area (TPSA) is 67.4 Å². The fraction of sp³-hybridized carbons (Fsp3) is 0.263. The molecule has 0 aliphatic carbocycles. The van der Waals surface area contributed by atoms with Gasteiger partial charge < -0.3 is 15.4 Å². The molecule has 0 saturated carbocycles. The van der Waals surface area contributed by atoms with Gasteiger partial charge in [-0.1, -0.05) is 29.8 Å². The van der Waals surface area contributed by atoms with E-state index in [1.807, 2.05) is 31.2 Å². The fourth-order valence-electron chi connectivity index (χ4n) is 2.14. The lowest BCUT2D eigenvalue weighted by molar-refractivity contribution is -0.115. The fourth-order valence-corrected chi connectivity index (χ4v) is 2.14. The van der Waals surface area contributed by atoms with E-state index in [0.29, 0.717) is 24.4 Å². The molecule has 5 heteroatoms. The Bertz CT molecular complexity index is 679. The number of carbonyl (C=O) groups is 2. The van der Waals surface area contributed by atoms with Gasteiger partial charge in [0, 0.05) is 12.2 Å². The monoisotopic (exact) mass is 326 g/mol. The first-order chi connectivity index (χ1) is 11.6. The smallest absolute Gasteiger partial charge is 0.338 e. The molecule has 2 rings (SSSR count). The summed E-state index contributed by atoms with van der Waals surface area (Å²) in [4.78, 5) is 23.5. The second kappa shape index (κ2) is 8.84. The number of benzene rings is 2. The lowest BCUT2D eigenvalue weighted by Crippen LogP contribution is -2.27. The van der Waals surface area contributed by atoms with E-state index in [9.17, 15) is 9.59 Å². The van der Waals surface area contributed by atoms with Crippen LogP contribution in [0.25, 0.3) is 0 Å². The van der Waals surface area contributed by atoms with Crippen molar-refractivity contribution >= 4 is 17.6 Å². The Hall–Kier alpha value is -2.66. The average molecular weight is 326 g/mol. The van der Waals surface area contributed by atoms with Crippen LogP contribution in [0.2, 0.25) is 0 Å². The van der Waals surface area contributed by atoms with Gasteiger partial charge in [0.2, 0.25) is 5.91 Å². The van der Waals surface area contributed by atoms with Crippen molar-refractivity contribution in [3.05, 3.63) is 65.2 Å². The zero-order chi connectivity index (χ0) is 17.4. The van der Waals surface area contributed by atoms with Crippen LogP contribution in [-0.2, 0) is 16.1 Å². The van der Waals surface area contributed by atoms with E-state index in [1.54, 1.807) is 31.2 Å². The maximum absolute atomic E-state index is 11.9. The Balaban J connectivity index is 1.77. The van der Waals surface area contributed by atoms with Gasteiger partial charge in [-0.25, -0.2) is 4.79 Å². The zero-order valence-electron chi connectivity index (χ0n) is 14.0. The van der Waals surface area contributed by atoms with Crippen LogP contribution in [0.5, 0.6) is 0 Å². The Labute approximate surface area is 142 Å². The molecule has 126 valence electrons. The quantitative estimate of drug-likeness (QED) is 0.768. The molecule has 0 unspecified atom stereocenters. The minimum atomic E-state index is -0.366. The normalized spacial score (nSPS) is 10.2. The van der Waals surface area contributed by atoms with Crippen LogP contribution in [0.15, 0.2) is 48.5 Å². The summed E-state index contributed by atoms with van der Waals surface area (Å²) in [5, 5.41) is 5.88. The number of carbonyl (C=O) groups excluding carboxylic acids is 2. The highest BCUT2D eigenvalue weighted by Crippen LogP contribution is 2.10. The van der Waals surface area contributed by atoms with Crippen LogP contribution in [0, 0.1) is 6.92 Å². The average Bonchev–Trinajstić information content (AvgIpc) is 2.57. The van der Waals surface area contributed by atoms with Crippen molar-refractivity contribution in [1.82, 2.24) is 5.32 Å². The van der Waals surface area contributed by atoms with Gasteiger partial charge >= 0.3 is 5.97 Å². The van der Waals surface area contributed by atoms with Gasteiger partial charge in [-0.2, -0.15) is 0 Å². The third-order valence-corrected chi connectivity index (χ3v) is 3.42. The summed E-state index contributed by atoms with van der Waals surface area (Å²) >= 11 is 0. The molecule has 0 saturated heterocycles. The van der Waals surface area contributed by atoms with E-state index >= 15 is 0 Å². The number of hydrogen-bond acceptors (Lipinski definition) is 4. The van der Waals surface area contributed by atoms with Gasteiger partial charge in [0.15, 0.2) is 0 Å². The van der Waals surface area contributed by atoms with Gasteiger partial charge in [-0.15, -0.1) is 0 Å². The molecule has 0 heterocycles. The van der Waals surface area contributed by atoms with Crippen LogP contribution < -0.4 is 10.6 Å². The zero-order valence-corrected chi connectivity index (χ0v) is 14.0. The number of amides is 1. The van der Waals surface area contributed by atoms with Crippen molar-refractivity contribution in [2.24, 2.45) is 0 Å². The predicted molar refractivity (Wildman–Crippen MR) is 93.9 cm³/mol. The first-order valence-electron chi connectivity index (χ1n) is 7.92. The molecule has 5 nitrogen and oxygen atoms in total. The highest BCUT2D eigenvalue weighted by Gasteiger charge is 2.07. The summed E-state index contributed by atoms with van der Waals surface area (Å²) in [6.07, 6.45) is 0. The van der Waals surface area contributed by atoms with E-state index in [1.165, 1.54) is 5.56 Å². The van der Waals surface area contributed by atoms with Crippen molar-refractivity contribution in [3.63, 3.8) is 0 Å². The summed E-state index contributed by atoms with van der Waals surface area (Å²) in [6, 6.07) is 14.8. The van der Waals surface area contributed by atoms with Crippen molar-refractivity contribution in [2.75, 3.05) is 18.5 Å². The molecule has 0 fully saturated rings. The highest BCUT2D eigenvalue weighted by molar-refractivity contribution is 5.93. The number of rotatable bonds is 7. The standard InChI is InChI=1S/C19H22N2O3/c1-3-24-19(23)16-8-10-17(11-9-16)21-18(22)13-20-12-15-6-4-14(2)5-7-15/h4-11,20H,3,12-13H2,1-2H3,(H,21,22). The Morgan fingerprint density at radius 3 is 2.29 bits per heavy atom. The number of esters is 1. The predicted octanol–water partition coefficient (Wildman–Crippen LogP) is 2.90. The lowest BCUT2D eigenvalue weighted by atomic mass is 10.1. The number of aryl methyl sites for hydroxylation is 1. The number of anilines is 1. The maximum Gasteiger partial charge on any atom is 0.338 e. The first-order valence-corrected chi connectivity index (χ1v) is 7.92. The number of hydrogen-bond donors (Lipinski definition) is 2. The van der Waals surface area contributed by atoms with Crippen molar-refractivity contribution in [3.8, 4) is 0 Å². The SMILES string of the molecule is CCOC(=O)c1ccc(NC(=O)CNCc2ccc(C)cc2)cc1. The summed E-state index contributed by atoms with van der Waals surface area (Å²) in [5.41, 5.74) is 3.45. The van der Waals surface area contributed by atoms with Gasteiger partial charge in [0.1, 0.15) is 0 Å². The molecule has 1 amide bonds. The summed E-state index contributed by atoms with van der Waals surface area (Å²) in [5.74, 6) is -0.499. The Morgan fingerprint density at radius 1 is 1.00 bits per heavy atom. The van der Waals surface area contributed by atoms with Gasteiger partial charge in [0.25, 0.3) is 0 Å². The minimum absolute atomic E-state index is 0.133. The van der Waals surface area contributed by atoms with Crippen LogP contribution in [0.1, 0.15) is 28.4 Å². The Morgan fingerprint density at radius 2 is 1.67 bits per heavy atom. The van der Waals surface area contributed by atoms with E-state index < -0.39 is 0 Å². The summed E-state index contributed by atoms with van der Waals surface area (Å²) in [7, 11) is 0. The van der Waals surface area contributed by atoms with E-state index in [-0.39, 0.29) is 18.4 Å². The molecule has 24 heavy (non-hydrogen) atoms. The molecule has 0 bridgehead atoms. The maximum atomic E-state index is 11.9.